The summed E-state index contributed by atoms with van der Waals surface area (Å²) in [5.74, 6) is 0.544. The van der Waals surface area contributed by atoms with E-state index >= 15 is 0 Å². The first-order chi connectivity index (χ1) is 6.77. The Balaban J connectivity index is 2.19. The van der Waals surface area contributed by atoms with Gasteiger partial charge in [0.2, 0.25) is 0 Å². The molecule has 1 N–H and O–H groups in total. The van der Waals surface area contributed by atoms with Crippen LogP contribution in [0.2, 0.25) is 0 Å². The van der Waals surface area contributed by atoms with Crippen LogP contribution in [-0.2, 0) is 0 Å². The second-order valence-electron chi connectivity index (χ2n) is 3.92. The predicted molar refractivity (Wildman–Crippen MR) is 61.7 cm³/mol. The number of aromatic nitrogens is 1. The summed E-state index contributed by atoms with van der Waals surface area (Å²) in [6.45, 7) is 6.46. The smallest absolute Gasteiger partial charge is 0.119 e. The highest BCUT2D eigenvalue weighted by molar-refractivity contribution is 7.10. The zero-order chi connectivity index (χ0) is 9.97. The summed E-state index contributed by atoms with van der Waals surface area (Å²) in [5, 5.41) is 6.72. The molecule has 2 heterocycles. The van der Waals surface area contributed by atoms with Crippen LogP contribution in [0.3, 0.4) is 0 Å². The van der Waals surface area contributed by atoms with Crippen molar-refractivity contribution in [2.24, 2.45) is 0 Å². The van der Waals surface area contributed by atoms with Crippen molar-refractivity contribution in [3.63, 3.8) is 0 Å². The minimum absolute atomic E-state index is 0.544. The van der Waals surface area contributed by atoms with Crippen LogP contribution in [0.15, 0.2) is 11.5 Å². The molecule has 0 saturated carbocycles. The Labute approximate surface area is 89.1 Å². The predicted octanol–water partition coefficient (Wildman–Crippen LogP) is 2.64. The van der Waals surface area contributed by atoms with Crippen LogP contribution in [-0.4, -0.2) is 18.1 Å². The molecule has 0 aromatic carbocycles. The van der Waals surface area contributed by atoms with E-state index in [2.05, 4.69) is 35.6 Å². The number of hydrogen-bond acceptors (Lipinski definition) is 3. The van der Waals surface area contributed by atoms with Crippen LogP contribution >= 0.6 is 11.3 Å². The van der Waals surface area contributed by atoms with Gasteiger partial charge in [-0.1, -0.05) is 19.9 Å². The summed E-state index contributed by atoms with van der Waals surface area (Å²) in [6.07, 6.45) is 3.37. The van der Waals surface area contributed by atoms with Crippen molar-refractivity contribution in [2.75, 3.05) is 13.1 Å². The first-order valence-corrected chi connectivity index (χ1v) is 6.01. The molecule has 0 unspecified atom stereocenters. The fourth-order valence-electron chi connectivity index (χ4n) is 1.52. The van der Waals surface area contributed by atoms with Crippen LogP contribution in [0, 0.1) is 0 Å². The number of thiazole rings is 1. The van der Waals surface area contributed by atoms with Gasteiger partial charge in [0.05, 0.1) is 5.69 Å². The molecular formula is C11H16N2S. The van der Waals surface area contributed by atoms with Crippen LogP contribution in [0.5, 0.6) is 0 Å². The van der Waals surface area contributed by atoms with Gasteiger partial charge in [-0.15, -0.1) is 11.3 Å². The third-order valence-electron chi connectivity index (χ3n) is 2.45. The number of nitrogens with zero attached hydrogens (tertiary/aromatic N) is 1. The lowest BCUT2D eigenvalue weighted by Gasteiger charge is -2.11. The number of nitrogens with one attached hydrogen (secondary N) is 1. The van der Waals surface area contributed by atoms with E-state index in [9.17, 15) is 0 Å². The molecular weight excluding hydrogens is 192 g/mol. The molecule has 0 atom stereocenters. The second-order valence-corrected chi connectivity index (χ2v) is 4.77. The highest BCUT2D eigenvalue weighted by Gasteiger charge is 2.11. The zero-order valence-corrected chi connectivity index (χ0v) is 9.53. The summed E-state index contributed by atoms with van der Waals surface area (Å²) >= 11 is 1.78. The molecule has 0 fully saturated rings. The van der Waals surface area contributed by atoms with Crippen molar-refractivity contribution in [1.82, 2.24) is 10.3 Å². The van der Waals surface area contributed by atoms with Gasteiger partial charge in [0.15, 0.2) is 0 Å². The molecule has 76 valence electrons. The molecule has 3 heteroatoms. The van der Waals surface area contributed by atoms with Gasteiger partial charge < -0.3 is 5.32 Å². The molecule has 0 saturated heterocycles. The zero-order valence-electron chi connectivity index (χ0n) is 8.71. The van der Waals surface area contributed by atoms with E-state index in [1.54, 1.807) is 11.3 Å². The molecule has 2 rings (SSSR count). The van der Waals surface area contributed by atoms with E-state index in [-0.39, 0.29) is 0 Å². The average molecular weight is 208 g/mol. The van der Waals surface area contributed by atoms with Crippen molar-refractivity contribution < 1.29 is 0 Å². The molecule has 0 amide bonds. The second kappa shape index (κ2) is 4.24. The van der Waals surface area contributed by atoms with Crippen molar-refractivity contribution in [1.29, 1.82) is 0 Å². The lowest BCUT2D eigenvalue weighted by molar-refractivity contribution is 0.737. The largest absolute Gasteiger partial charge is 0.313 e. The normalized spacial score (nSPS) is 17.2. The van der Waals surface area contributed by atoms with E-state index < -0.39 is 0 Å². The Morgan fingerprint density at radius 2 is 2.36 bits per heavy atom. The molecule has 0 radical (unpaired) electrons. The van der Waals surface area contributed by atoms with Gasteiger partial charge >= 0.3 is 0 Å². The van der Waals surface area contributed by atoms with Crippen LogP contribution in [0.4, 0.5) is 0 Å². The first-order valence-electron chi connectivity index (χ1n) is 5.13. The lowest BCUT2D eigenvalue weighted by Crippen LogP contribution is -2.19. The van der Waals surface area contributed by atoms with E-state index in [0.29, 0.717) is 5.92 Å². The van der Waals surface area contributed by atoms with Gasteiger partial charge in [-0.05, 0) is 24.5 Å². The van der Waals surface area contributed by atoms with Crippen LogP contribution in [0.1, 0.15) is 36.9 Å². The Kier molecular flexibility index (Phi) is 2.99. The third-order valence-corrected chi connectivity index (χ3v) is 3.39. The molecule has 14 heavy (non-hydrogen) atoms. The minimum Gasteiger partial charge on any atom is -0.313 e. The molecule has 1 aromatic heterocycles. The van der Waals surface area contributed by atoms with Crippen LogP contribution < -0.4 is 5.32 Å². The summed E-state index contributed by atoms with van der Waals surface area (Å²) in [6, 6.07) is 0. The molecule has 0 spiro atoms. The highest BCUT2D eigenvalue weighted by Crippen LogP contribution is 2.26. The van der Waals surface area contributed by atoms with E-state index in [4.69, 9.17) is 0 Å². The summed E-state index contributed by atoms with van der Waals surface area (Å²) in [7, 11) is 0. The van der Waals surface area contributed by atoms with Gasteiger partial charge in [0.1, 0.15) is 5.01 Å². The van der Waals surface area contributed by atoms with Gasteiger partial charge in [0, 0.05) is 11.9 Å². The van der Waals surface area contributed by atoms with Gasteiger partial charge in [-0.3, -0.25) is 0 Å². The van der Waals surface area contributed by atoms with Crippen molar-refractivity contribution in [2.45, 2.75) is 26.2 Å². The Morgan fingerprint density at radius 3 is 2.93 bits per heavy atom. The maximum absolute atomic E-state index is 4.66. The fourth-order valence-corrected chi connectivity index (χ4v) is 2.57. The fraction of sp³-hybridized carbons (Fsp3) is 0.545. The third kappa shape index (κ3) is 2.04. The molecule has 1 aliphatic rings. The maximum atomic E-state index is 4.66. The van der Waals surface area contributed by atoms with Gasteiger partial charge in [-0.25, -0.2) is 4.98 Å². The Bertz CT molecular complexity index is 339. The first kappa shape index (κ1) is 9.87. The standard InChI is InChI=1S/C11H16N2S/c1-8(2)10-7-14-11(13-10)9-3-5-12-6-4-9/h3,7-8,12H,4-6H2,1-2H3. The quantitative estimate of drug-likeness (QED) is 0.808. The number of hydrogen-bond donors (Lipinski definition) is 1. The van der Waals surface area contributed by atoms with Crippen molar-refractivity contribution in [3.05, 3.63) is 22.2 Å². The maximum Gasteiger partial charge on any atom is 0.119 e. The molecule has 0 bridgehead atoms. The lowest BCUT2D eigenvalue weighted by atomic mass is 10.1. The van der Waals surface area contributed by atoms with Crippen LogP contribution in [0.25, 0.3) is 5.57 Å². The van der Waals surface area contributed by atoms with E-state index in [1.807, 2.05) is 0 Å². The molecule has 1 aromatic rings. The van der Waals surface area contributed by atoms with E-state index in [0.717, 1.165) is 19.5 Å². The van der Waals surface area contributed by atoms with E-state index in [1.165, 1.54) is 16.3 Å². The minimum atomic E-state index is 0.544. The van der Waals surface area contributed by atoms with Crippen molar-refractivity contribution >= 4 is 16.9 Å². The Hall–Kier alpha value is -0.670. The molecule has 2 nitrogen and oxygen atoms in total. The summed E-state index contributed by atoms with van der Waals surface area (Å²) in [4.78, 5) is 4.66. The average Bonchev–Trinajstić information content (AvgIpc) is 2.68. The summed E-state index contributed by atoms with van der Waals surface area (Å²) in [5.41, 5.74) is 2.64. The summed E-state index contributed by atoms with van der Waals surface area (Å²) < 4.78 is 0. The topological polar surface area (TPSA) is 24.9 Å². The monoisotopic (exact) mass is 208 g/mol. The molecule has 0 aliphatic carbocycles. The van der Waals surface area contributed by atoms with Gasteiger partial charge in [0.25, 0.3) is 0 Å². The molecule has 1 aliphatic heterocycles. The van der Waals surface area contributed by atoms with Crippen molar-refractivity contribution in [3.8, 4) is 0 Å². The number of rotatable bonds is 2. The Morgan fingerprint density at radius 1 is 1.50 bits per heavy atom. The SMILES string of the molecule is CC(C)c1csc(C2=CCNCC2)n1. The highest BCUT2D eigenvalue weighted by atomic mass is 32.1. The van der Waals surface area contributed by atoms with Gasteiger partial charge in [-0.2, -0.15) is 0 Å².